The molecular weight excluding hydrogens is 331 g/mol. The lowest BCUT2D eigenvalue weighted by atomic mass is 9.93. The van der Waals surface area contributed by atoms with Gasteiger partial charge in [-0.05, 0) is 48.1 Å². The molecule has 6 heteroatoms. The van der Waals surface area contributed by atoms with Gasteiger partial charge in [0.25, 0.3) is 0 Å². The average Bonchev–Trinajstić information content (AvgIpc) is 3.02. The van der Waals surface area contributed by atoms with Gasteiger partial charge in [-0.2, -0.15) is 11.8 Å². The average molecular weight is 350 g/mol. The third-order valence-corrected chi connectivity index (χ3v) is 5.25. The fourth-order valence-electron chi connectivity index (χ4n) is 2.83. The van der Waals surface area contributed by atoms with Crippen molar-refractivity contribution < 1.29 is 23.4 Å². The van der Waals surface area contributed by atoms with Gasteiger partial charge in [-0.3, -0.25) is 0 Å². The van der Waals surface area contributed by atoms with Gasteiger partial charge in [-0.1, -0.05) is 12.1 Å². The van der Waals surface area contributed by atoms with Crippen LogP contribution in [0.3, 0.4) is 0 Å². The first-order chi connectivity index (χ1) is 11.5. The highest BCUT2D eigenvalue weighted by molar-refractivity contribution is 7.99. The number of rotatable bonds is 4. The quantitative estimate of drug-likeness (QED) is 0.855. The van der Waals surface area contributed by atoms with E-state index in [-0.39, 0.29) is 11.6 Å². The minimum absolute atomic E-state index is 0.100. The number of esters is 1. The Balaban J connectivity index is 1.94. The largest absolute Gasteiger partial charge is 0.463 e. The molecule has 3 rings (SSSR count). The van der Waals surface area contributed by atoms with Gasteiger partial charge in [0.2, 0.25) is 5.76 Å². The molecule has 1 saturated heterocycles. The second kappa shape index (κ2) is 6.99. The normalized spacial score (nSPS) is 16.8. The lowest BCUT2D eigenvalue weighted by molar-refractivity contribution is 0.00487. The van der Waals surface area contributed by atoms with E-state index in [1.165, 1.54) is 19.2 Å². The van der Waals surface area contributed by atoms with Gasteiger partial charge >= 0.3 is 5.97 Å². The standard InChI is InChI=1S/C18H19FO4S/c1-22-17(20)16-13(10-12-2-4-14(19)5-3-12)11-15(23-16)18(21)6-8-24-9-7-18/h2-5,11,21H,6-10H2,1H3. The van der Waals surface area contributed by atoms with Crippen molar-refractivity contribution in [3.8, 4) is 0 Å². The number of methoxy groups -OCH3 is 1. The van der Waals surface area contributed by atoms with Crippen molar-refractivity contribution in [1.82, 2.24) is 0 Å². The van der Waals surface area contributed by atoms with Crippen molar-refractivity contribution >= 4 is 17.7 Å². The highest BCUT2D eigenvalue weighted by atomic mass is 32.2. The molecule has 0 atom stereocenters. The van der Waals surface area contributed by atoms with Crippen molar-refractivity contribution in [3.63, 3.8) is 0 Å². The SMILES string of the molecule is COC(=O)c1oc(C2(O)CCSCC2)cc1Cc1ccc(F)cc1. The van der Waals surface area contributed by atoms with Crippen molar-refractivity contribution in [1.29, 1.82) is 0 Å². The van der Waals surface area contributed by atoms with Gasteiger partial charge in [-0.15, -0.1) is 0 Å². The maximum atomic E-state index is 13.1. The first kappa shape index (κ1) is 17.0. The van der Waals surface area contributed by atoms with Crippen molar-refractivity contribution in [2.24, 2.45) is 0 Å². The van der Waals surface area contributed by atoms with E-state index < -0.39 is 11.6 Å². The smallest absolute Gasteiger partial charge is 0.374 e. The number of aliphatic hydroxyl groups is 1. The third-order valence-electron chi connectivity index (χ3n) is 4.27. The number of hydrogen-bond acceptors (Lipinski definition) is 5. The number of halogens is 1. The summed E-state index contributed by atoms with van der Waals surface area (Å²) in [6.07, 6.45) is 1.57. The zero-order chi connectivity index (χ0) is 17.2. The Labute approximate surface area is 144 Å². The Hall–Kier alpha value is -1.79. The molecule has 0 bridgehead atoms. The summed E-state index contributed by atoms with van der Waals surface area (Å²) in [7, 11) is 1.29. The van der Waals surface area contributed by atoms with Gasteiger partial charge in [0, 0.05) is 12.0 Å². The van der Waals surface area contributed by atoms with Crippen LogP contribution in [-0.2, 0) is 16.8 Å². The Kier molecular flexibility index (Phi) is 4.96. The second-order valence-electron chi connectivity index (χ2n) is 5.90. The monoisotopic (exact) mass is 350 g/mol. The molecule has 0 saturated carbocycles. The van der Waals surface area contributed by atoms with E-state index in [4.69, 9.17) is 9.15 Å². The van der Waals surface area contributed by atoms with E-state index in [0.29, 0.717) is 30.6 Å². The summed E-state index contributed by atoms with van der Waals surface area (Å²) >= 11 is 1.79. The summed E-state index contributed by atoms with van der Waals surface area (Å²) in [5.74, 6) is 1.31. The van der Waals surface area contributed by atoms with Crippen LogP contribution in [0.1, 0.15) is 40.3 Å². The molecule has 1 fully saturated rings. The zero-order valence-electron chi connectivity index (χ0n) is 13.4. The molecule has 128 valence electrons. The summed E-state index contributed by atoms with van der Waals surface area (Å²) in [5.41, 5.74) is 0.435. The molecule has 0 unspecified atom stereocenters. The van der Waals surface area contributed by atoms with Crippen LogP contribution in [0, 0.1) is 5.82 Å². The number of furan rings is 1. The van der Waals surface area contributed by atoms with Crippen LogP contribution in [-0.4, -0.2) is 29.7 Å². The van der Waals surface area contributed by atoms with Crippen LogP contribution in [0.15, 0.2) is 34.7 Å². The molecule has 0 amide bonds. The first-order valence-electron chi connectivity index (χ1n) is 7.78. The number of carbonyl (C=O) groups excluding carboxylic acids is 1. The Morgan fingerprint density at radius 2 is 2.00 bits per heavy atom. The summed E-state index contributed by atoms with van der Waals surface area (Å²) < 4.78 is 23.5. The van der Waals surface area contributed by atoms with E-state index in [1.54, 1.807) is 30.0 Å². The molecule has 4 nitrogen and oxygen atoms in total. The minimum Gasteiger partial charge on any atom is -0.463 e. The molecule has 1 aliphatic rings. The number of benzene rings is 1. The highest BCUT2D eigenvalue weighted by Gasteiger charge is 2.36. The maximum Gasteiger partial charge on any atom is 0.374 e. The minimum atomic E-state index is -1.05. The highest BCUT2D eigenvalue weighted by Crippen LogP contribution is 2.38. The van der Waals surface area contributed by atoms with Crippen molar-refractivity contribution in [2.45, 2.75) is 24.9 Å². The summed E-state index contributed by atoms with van der Waals surface area (Å²) in [5, 5.41) is 10.8. The van der Waals surface area contributed by atoms with Gasteiger partial charge < -0.3 is 14.3 Å². The molecule has 0 radical (unpaired) electrons. The summed E-state index contributed by atoms with van der Waals surface area (Å²) in [6.45, 7) is 0. The maximum absolute atomic E-state index is 13.1. The van der Waals surface area contributed by atoms with E-state index in [2.05, 4.69) is 0 Å². The van der Waals surface area contributed by atoms with E-state index >= 15 is 0 Å². The molecule has 2 heterocycles. The molecule has 0 spiro atoms. The Morgan fingerprint density at radius 1 is 1.33 bits per heavy atom. The molecule has 24 heavy (non-hydrogen) atoms. The van der Waals surface area contributed by atoms with Crippen molar-refractivity contribution in [2.75, 3.05) is 18.6 Å². The summed E-state index contributed by atoms with van der Waals surface area (Å²) in [6, 6.07) is 7.80. The van der Waals surface area contributed by atoms with Gasteiger partial charge in [0.15, 0.2) is 0 Å². The Morgan fingerprint density at radius 3 is 2.62 bits per heavy atom. The fraction of sp³-hybridized carbons (Fsp3) is 0.389. The van der Waals surface area contributed by atoms with Crippen LogP contribution in [0.5, 0.6) is 0 Å². The molecule has 0 aliphatic carbocycles. The van der Waals surface area contributed by atoms with Gasteiger partial charge in [0.05, 0.1) is 7.11 Å². The number of carbonyl (C=O) groups is 1. The predicted octanol–water partition coefficient (Wildman–Crippen LogP) is 3.51. The third kappa shape index (κ3) is 3.49. The van der Waals surface area contributed by atoms with Crippen molar-refractivity contribution in [3.05, 3.63) is 58.8 Å². The number of hydrogen-bond donors (Lipinski definition) is 1. The Bertz CT molecular complexity index is 717. The van der Waals surface area contributed by atoms with Crippen LogP contribution in [0.2, 0.25) is 0 Å². The van der Waals surface area contributed by atoms with E-state index in [9.17, 15) is 14.3 Å². The lowest BCUT2D eigenvalue weighted by Crippen LogP contribution is -2.30. The predicted molar refractivity (Wildman–Crippen MR) is 89.7 cm³/mol. The van der Waals surface area contributed by atoms with Crippen LogP contribution < -0.4 is 0 Å². The van der Waals surface area contributed by atoms with Gasteiger partial charge in [-0.25, -0.2) is 9.18 Å². The topological polar surface area (TPSA) is 59.7 Å². The molecular formula is C18H19FO4S. The molecule has 2 aromatic rings. The van der Waals surface area contributed by atoms with E-state index in [1.807, 2.05) is 0 Å². The molecule has 1 N–H and O–H groups in total. The number of thioether (sulfide) groups is 1. The molecule has 1 aromatic carbocycles. The van der Waals surface area contributed by atoms with E-state index in [0.717, 1.165) is 17.1 Å². The zero-order valence-corrected chi connectivity index (χ0v) is 14.2. The lowest BCUT2D eigenvalue weighted by Gasteiger charge is -2.29. The summed E-state index contributed by atoms with van der Waals surface area (Å²) in [4.78, 5) is 12.0. The first-order valence-corrected chi connectivity index (χ1v) is 8.93. The van der Waals surface area contributed by atoms with Gasteiger partial charge in [0.1, 0.15) is 17.2 Å². The molecule has 1 aromatic heterocycles. The fourth-order valence-corrected chi connectivity index (χ4v) is 4.00. The number of ether oxygens (including phenoxy) is 1. The van der Waals surface area contributed by atoms with Crippen LogP contribution >= 0.6 is 11.8 Å². The molecule has 1 aliphatic heterocycles. The van der Waals surface area contributed by atoms with Crippen LogP contribution in [0.4, 0.5) is 4.39 Å². The second-order valence-corrected chi connectivity index (χ2v) is 7.13. The van der Waals surface area contributed by atoms with Crippen LogP contribution in [0.25, 0.3) is 0 Å².